The van der Waals surface area contributed by atoms with Gasteiger partial charge in [-0.1, -0.05) is 6.07 Å². The molecule has 0 aliphatic heterocycles. The summed E-state index contributed by atoms with van der Waals surface area (Å²) in [4.78, 5) is 15.3. The molecule has 18 heavy (non-hydrogen) atoms. The molecule has 3 rings (SSSR count). The number of rotatable bonds is 2. The molecule has 0 bridgehead atoms. The van der Waals surface area contributed by atoms with E-state index in [9.17, 15) is 0 Å². The monoisotopic (exact) mass is 241 g/mol. The van der Waals surface area contributed by atoms with E-state index in [-0.39, 0.29) is 0 Å². The number of imidazole rings is 2. The van der Waals surface area contributed by atoms with Gasteiger partial charge in [-0.2, -0.15) is 0 Å². The molecule has 5 heteroatoms. The number of aryl methyl sites for hydroxylation is 2. The SMILES string of the molecule is Cc1nc(-c2ccc3nc(C)[nH]c3c2)c(CN)[nH]1. The molecule has 2 aromatic heterocycles. The van der Waals surface area contributed by atoms with Crippen molar-refractivity contribution in [3.63, 3.8) is 0 Å². The van der Waals surface area contributed by atoms with Gasteiger partial charge in [0.15, 0.2) is 0 Å². The number of H-pyrrole nitrogens is 2. The second-order valence-corrected chi connectivity index (χ2v) is 4.41. The average molecular weight is 241 g/mol. The fraction of sp³-hybridized carbons (Fsp3) is 0.231. The van der Waals surface area contributed by atoms with Crippen molar-refractivity contribution in [1.82, 2.24) is 19.9 Å². The van der Waals surface area contributed by atoms with E-state index < -0.39 is 0 Å². The summed E-state index contributed by atoms with van der Waals surface area (Å²) in [5, 5.41) is 0. The highest BCUT2D eigenvalue weighted by Crippen LogP contribution is 2.24. The van der Waals surface area contributed by atoms with Crippen LogP contribution in [-0.4, -0.2) is 19.9 Å². The standard InChI is InChI=1S/C13H15N5/c1-7-15-10-4-3-9(5-11(10)16-7)13-12(6-14)17-8(2)18-13/h3-5H,6,14H2,1-2H3,(H,15,16)(H,17,18). The quantitative estimate of drug-likeness (QED) is 0.642. The van der Waals surface area contributed by atoms with E-state index in [4.69, 9.17) is 5.73 Å². The summed E-state index contributed by atoms with van der Waals surface area (Å²) >= 11 is 0. The van der Waals surface area contributed by atoms with E-state index in [1.54, 1.807) is 0 Å². The molecule has 0 saturated heterocycles. The van der Waals surface area contributed by atoms with E-state index in [0.717, 1.165) is 39.6 Å². The molecule has 5 nitrogen and oxygen atoms in total. The number of nitrogens with one attached hydrogen (secondary N) is 2. The molecular weight excluding hydrogens is 226 g/mol. The number of benzene rings is 1. The molecule has 0 amide bonds. The molecule has 2 heterocycles. The van der Waals surface area contributed by atoms with Gasteiger partial charge in [-0.15, -0.1) is 0 Å². The normalized spacial score (nSPS) is 11.3. The molecule has 0 spiro atoms. The summed E-state index contributed by atoms with van der Waals surface area (Å²) < 4.78 is 0. The lowest BCUT2D eigenvalue weighted by Gasteiger charge is -2.00. The number of fused-ring (bicyclic) bond motifs is 1. The minimum Gasteiger partial charge on any atom is -0.345 e. The smallest absolute Gasteiger partial charge is 0.104 e. The van der Waals surface area contributed by atoms with Gasteiger partial charge in [0.2, 0.25) is 0 Å². The van der Waals surface area contributed by atoms with Crippen molar-refractivity contribution < 1.29 is 0 Å². The maximum atomic E-state index is 5.73. The molecule has 0 aliphatic carbocycles. The van der Waals surface area contributed by atoms with Gasteiger partial charge in [0.25, 0.3) is 0 Å². The highest BCUT2D eigenvalue weighted by Gasteiger charge is 2.10. The second-order valence-electron chi connectivity index (χ2n) is 4.41. The Bertz CT molecular complexity index is 707. The lowest BCUT2D eigenvalue weighted by molar-refractivity contribution is 0.998. The van der Waals surface area contributed by atoms with Crippen LogP contribution in [0.5, 0.6) is 0 Å². The first-order chi connectivity index (χ1) is 8.67. The van der Waals surface area contributed by atoms with E-state index in [0.29, 0.717) is 6.54 Å². The Balaban J connectivity index is 2.18. The van der Waals surface area contributed by atoms with Crippen LogP contribution in [-0.2, 0) is 6.54 Å². The van der Waals surface area contributed by atoms with Crippen LogP contribution in [0.15, 0.2) is 18.2 Å². The lowest BCUT2D eigenvalue weighted by Crippen LogP contribution is -1.98. The molecule has 0 fully saturated rings. The van der Waals surface area contributed by atoms with Crippen LogP contribution in [0.1, 0.15) is 17.3 Å². The van der Waals surface area contributed by atoms with Gasteiger partial charge in [0.1, 0.15) is 11.6 Å². The maximum absolute atomic E-state index is 5.73. The molecule has 0 unspecified atom stereocenters. The third kappa shape index (κ3) is 1.69. The topological polar surface area (TPSA) is 83.4 Å². The molecule has 0 saturated carbocycles. The summed E-state index contributed by atoms with van der Waals surface area (Å²) in [6.07, 6.45) is 0. The third-order valence-electron chi connectivity index (χ3n) is 2.97. The van der Waals surface area contributed by atoms with E-state index in [1.807, 2.05) is 26.0 Å². The molecule has 3 aromatic rings. The summed E-state index contributed by atoms with van der Waals surface area (Å²) in [6, 6.07) is 6.08. The van der Waals surface area contributed by atoms with Gasteiger partial charge in [-0.3, -0.25) is 0 Å². The number of nitrogens with zero attached hydrogens (tertiary/aromatic N) is 2. The van der Waals surface area contributed by atoms with Gasteiger partial charge in [-0.05, 0) is 26.0 Å². The van der Waals surface area contributed by atoms with E-state index in [2.05, 4.69) is 26.0 Å². The van der Waals surface area contributed by atoms with Crippen molar-refractivity contribution >= 4 is 11.0 Å². The first kappa shape index (κ1) is 11.0. The van der Waals surface area contributed by atoms with Crippen LogP contribution in [0.3, 0.4) is 0 Å². The number of aromatic amines is 2. The van der Waals surface area contributed by atoms with Gasteiger partial charge in [-0.25, -0.2) is 9.97 Å². The van der Waals surface area contributed by atoms with E-state index >= 15 is 0 Å². The summed E-state index contributed by atoms with van der Waals surface area (Å²) in [5.41, 5.74) is 10.7. The Kier molecular flexibility index (Phi) is 2.41. The predicted molar refractivity (Wildman–Crippen MR) is 71.0 cm³/mol. The second kappa shape index (κ2) is 3.96. The van der Waals surface area contributed by atoms with Crippen LogP contribution in [0.2, 0.25) is 0 Å². The summed E-state index contributed by atoms with van der Waals surface area (Å²) in [7, 11) is 0. The van der Waals surface area contributed by atoms with Crippen molar-refractivity contribution in [3.05, 3.63) is 35.5 Å². The molecule has 4 N–H and O–H groups in total. The zero-order valence-corrected chi connectivity index (χ0v) is 10.4. The predicted octanol–water partition coefficient (Wildman–Crippen LogP) is 2.03. The van der Waals surface area contributed by atoms with Crippen molar-refractivity contribution in [2.24, 2.45) is 5.73 Å². The average Bonchev–Trinajstić information content (AvgIpc) is 2.89. The lowest BCUT2D eigenvalue weighted by atomic mass is 10.1. The van der Waals surface area contributed by atoms with Crippen molar-refractivity contribution in [3.8, 4) is 11.3 Å². The molecule has 0 aliphatic rings. The van der Waals surface area contributed by atoms with Crippen molar-refractivity contribution in [2.75, 3.05) is 0 Å². The Morgan fingerprint density at radius 1 is 1.11 bits per heavy atom. The minimum atomic E-state index is 0.455. The van der Waals surface area contributed by atoms with Gasteiger partial charge >= 0.3 is 0 Å². The molecule has 0 atom stereocenters. The van der Waals surface area contributed by atoms with Crippen molar-refractivity contribution in [1.29, 1.82) is 0 Å². The van der Waals surface area contributed by atoms with Crippen molar-refractivity contribution in [2.45, 2.75) is 20.4 Å². The molecule has 92 valence electrons. The summed E-state index contributed by atoms with van der Waals surface area (Å²) in [5.74, 6) is 1.80. The number of hydrogen-bond donors (Lipinski definition) is 3. The van der Waals surface area contributed by atoms with Crippen LogP contribution in [0, 0.1) is 13.8 Å². The van der Waals surface area contributed by atoms with Gasteiger partial charge in [0, 0.05) is 12.1 Å². The zero-order chi connectivity index (χ0) is 12.7. The Labute approximate surface area is 104 Å². The highest BCUT2D eigenvalue weighted by molar-refractivity contribution is 5.81. The molecule has 1 aromatic carbocycles. The summed E-state index contributed by atoms with van der Waals surface area (Å²) in [6.45, 7) is 4.33. The number of nitrogens with two attached hydrogens (primary N) is 1. The largest absolute Gasteiger partial charge is 0.345 e. The first-order valence-corrected chi connectivity index (χ1v) is 5.89. The Morgan fingerprint density at radius 2 is 1.89 bits per heavy atom. The Hall–Kier alpha value is -2.14. The third-order valence-corrected chi connectivity index (χ3v) is 2.97. The maximum Gasteiger partial charge on any atom is 0.104 e. The number of aromatic nitrogens is 4. The fourth-order valence-corrected chi connectivity index (χ4v) is 2.21. The van der Waals surface area contributed by atoms with Crippen LogP contribution in [0.4, 0.5) is 0 Å². The van der Waals surface area contributed by atoms with Gasteiger partial charge in [0.05, 0.1) is 22.4 Å². The Morgan fingerprint density at radius 3 is 2.67 bits per heavy atom. The zero-order valence-electron chi connectivity index (χ0n) is 10.4. The van der Waals surface area contributed by atoms with Crippen LogP contribution in [0.25, 0.3) is 22.3 Å². The fourth-order valence-electron chi connectivity index (χ4n) is 2.21. The first-order valence-electron chi connectivity index (χ1n) is 5.89. The molecular formula is C13H15N5. The number of hydrogen-bond acceptors (Lipinski definition) is 3. The molecule has 0 radical (unpaired) electrons. The van der Waals surface area contributed by atoms with Gasteiger partial charge < -0.3 is 15.7 Å². The highest BCUT2D eigenvalue weighted by atomic mass is 14.9. The van der Waals surface area contributed by atoms with Crippen LogP contribution < -0.4 is 5.73 Å². The van der Waals surface area contributed by atoms with Crippen LogP contribution >= 0.6 is 0 Å². The van der Waals surface area contributed by atoms with E-state index in [1.165, 1.54) is 0 Å². The minimum absolute atomic E-state index is 0.455.